The van der Waals surface area contributed by atoms with Crippen molar-refractivity contribution in [2.24, 2.45) is 10.9 Å². The Hall–Kier alpha value is -2.31. The van der Waals surface area contributed by atoms with Crippen LogP contribution in [0.25, 0.3) is 0 Å². The van der Waals surface area contributed by atoms with Gasteiger partial charge in [0, 0.05) is 24.2 Å². The highest BCUT2D eigenvalue weighted by Gasteiger charge is 2.32. The van der Waals surface area contributed by atoms with Gasteiger partial charge in [0.15, 0.2) is 5.84 Å². The molecule has 1 saturated carbocycles. The third-order valence-electron chi connectivity index (χ3n) is 3.21. The summed E-state index contributed by atoms with van der Waals surface area (Å²) in [5.74, 6) is -0.135. The van der Waals surface area contributed by atoms with Crippen LogP contribution in [0, 0.1) is 10.1 Å². The normalized spacial score (nSPS) is 15.3. The lowest BCUT2D eigenvalue weighted by molar-refractivity contribution is -0.384. The Bertz CT molecular complexity index is 526. The van der Waals surface area contributed by atoms with E-state index in [1.54, 1.807) is 12.1 Å². The summed E-state index contributed by atoms with van der Waals surface area (Å²) in [6.45, 7) is 2.69. The van der Waals surface area contributed by atoms with E-state index in [2.05, 4.69) is 5.16 Å². The lowest BCUT2D eigenvalue weighted by Gasteiger charge is -2.22. The second-order valence-electron chi connectivity index (χ2n) is 4.46. The summed E-state index contributed by atoms with van der Waals surface area (Å²) in [7, 11) is 0. The molecule has 2 rings (SSSR count). The Balaban J connectivity index is 2.45. The number of rotatable bonds is 5. The number of nitro groups is 1. The Morgan fingerprint density at radius 2 is 2.32 bits per heavy atom. The molecule has 0 spiro atoms. The van der Waals surface area contributed by atoms with E-state index in [4.69, 9.17) is 10.9 Å². The number of amidine groups is 1. The summed E-state index contributed by atoms with van der Waals surface area (Å²) >= 11 is 0. The van der Waals surface area contributed by atoms with Crippen LogP contribution in [0.2, 0.25) is 0 Å². The Kier molecular flexibility index (Phi) is 3.55. The van der Waals surface area contributed by atoms with Gasteiger partial charge in [-0.3, -0.25) is 10.1 Å². The zero-order valence-electron chi connectivity index (χ0n) is 10.6. The van der Waals surface area contributed by atoms with E-state index in [0.717, 1.165) is 12.8 Å². The molecule has 0 saturated heterocycles. The molecule has 19 heavy (non-hydrogen) atoms. The molecule has 0 unspecified atom stereocenters. The average Bonchev–Trinajstić information content (AvgIpc) is 3.23. The molecule has 1 fully saturated rings. The fraction of sp³-hybridized carbons (Fsp3) is 0.417. The first-order valence-corrected chi connectivity index (χ1v) is 6.11. The standard InChI is InChI=1S/C12H16N4O3/c1-2-15(9-4-5-9)10-6-3-8(12(13)14-17)7-11(10)16(18)19/h3,6-7,9,17H,2,4-5H2,1H3,(H2,13,14). The van der Waals surface area contributed by atoms with Crippen molar-refractivity contribution in [3.8, 4) is 0 Å². The minimum Gasteiger partial charge on any atom is -0.409 e. The largest absolute Gasteiger partial charge is 0.409 e. The van der Waals surface area contributed by atoms with E-state index >= 15 is 0 Å². The molecule has 3 N–H and O–H groups in total. The third kappa shape index (κ3) is 2.59. The lowest BCUT2D eigenvalue weighted by atomic mass is 10.1. The van der Waals surface area contributed by atoms with E-state index < -0.39 is 4.92 Å². The number of hydrogen-bond acceptors (Lipinski definition) is 5. The fourth-order valence-corrected chi connectivity index (χ4v) is 2.14. The van der Waals surface area contributed by atoms with Crippen molar-refractivity contribution >= 4 is 17.2 Å². The molecule has 0 radical (unpaired) electrons. The van der Waals surface area contributed by atoms with Crippen LogP contribution in [0.4, 0.5) is 11.4 Å². The number of nitrogens with two attached hydrogens (primary N) is 1. The maximum atomic E-state index is 11.2. The summed E-state index contributed by atoms with van der Waals surface area (Å²) in [5.41, 5.74) is 6.37. The van der Waals surface area contributed by atoms with Gasteiger partial charge in [0.05, 0.1) is 4.92 Å². The van der Waals surface area contributed by atoms with Gasteiger partial charge in [-0.15, -0.1) is 0 Å². The fourth-order valence-electron chi connectivity index (χ4n) is 2.14. The molecular weight excluding hydrogens is 248 g/mol. The molecule has 7 nitrogen and oxygen atoms in total. The van der Waals surface area contributed by atoms with Gasteiger partial charge in [-0.1, -0.05) is 5.16 Å². The molecule has 1 aliphatic carbocycles. The third-order valence-corrected chi connectivity index (χ3v) is 3.21. The van der Waals surface area contributed by atoms with Crippen LogP contribution >= 0.6 is 0 Å². The van der Waals surface area contributed by atoms with Crippen LogP contribution in [0.3, 0.4) is 0 Å². The van der Waals surface area contributed by atoms with E-state index in [1.165, 1.54) is 6.07 Å². The van der Waals surface area contributed by atoms with Gasteiger partial charge in [0.2, 0.25) is 0 Å². The number of nitro benzene ring substituents is 1. The van der Waals surface area contributed by atoms with Gasteiger partial charge < -0.3 is 15.8 Å². The molecule has 0 amide bonds. The maximum Gasteiger partial charge on any atom is 0.293 e. The van der Waals surface area contributed by atoms with E-state index in [0.29, 0.717) is 23.8 Å². The molecule has 1 aromatic carbocycles. The summed E-state index contributed by atoms with van der Waals surface area (Å²) in [5, 5.41) is 22.7. The van der Waals surface area contributed by atoms with Gasteiger partial charge >= 0.3 is 0 Å². The van der Waals surface area contributed by atoms with Crippen LogP contribution < -0.4 is 10.6 Å². The molecule has 0 heterocycles. The van der Waals surface area contributed by atoms with E-state index in [1.807, 2.05) is 11.8 Å². The summed E-state index contributed by atoms with van der Waals surface area (Å²) in [6.07, 6.45) is 2.12. The van der Waals surface area contributed by atoms with Gasteiger partial charge in [0.25, 0.3) is 5.69 Å². The summed E-state index contributed by atoms with van der Waals surface area (Å²) < 4.78 is 0. The lowest BCUT2D eigenvalue weighted by Crippen LogP contribution is -2.26. The zero-order chi connectivity index (χ0) is 14.0. The maximum absolute atomic E-state index is 11.2. The molecule has 0 aliphatic heterocycles. The molecule has 7 heteroatoms. The SMILES string of the molecule is CCN(c1ccc(C(N)=NO)cc1[N+](=O)[O-])C1CC1. The molecule has 1 aromatic rings. The highest BCUT2D eigenvalue weighted by Crippen LogP contribution is 2.37. The van der Waals surface area contributed by atoms with Crippen molar-refractivity contribution in [2.75, 3.05) is 11.4 Å². The van der Waals surface area contributed by atoms with Crippen LogP contribution in [0.15, 0.2) is 23.4 Å². The van der Waals surface area contributed by atoms with Gasteiger partial charge in [-0.05, 0) is 31.9 Å². The first-order valence-electron chi connectivity index (χ1n) is 6.11. The highest BCUT2D eigenvalue weighted by molar-refractivity contribution is 5.98. The number of hydrogen-bond donors (Lipinski definition) is 2. The number of oxime groups is 1. The van der Waals surface area contributed by atoms with Gasteiger partial charge in [-0.25, -0.2) is 0 Å². The minimum absolute atomic E-state index is 0.0159. The van der Waals surface area contributed by atoms with Crippen LogP contribution in [0.5, 0.6) is 0 Å². The van der Waals surface area contributed by atoms with Crippen molar-refractivity contribution in [2.45, 2.75) is 25.8 Å². The van der Waals surface area contributed by atoms with Crippen molar-refractivity contribution in [3.63, 3.8) is 0 Å². The molecule has 0 aromatic heterocycles. The number of anilines is 1. The summed E-state index contributed by atoms with van der Waals surface area (Å²) in [4.78, 5) is 12.8. The Morgan fingerprint density at radius 1 is 1.63 bits per heavy atom. The molecule has 102 valence electrons. The molecule has 1 aliphatic rings. The van der Waals surface area contributed by atoms with E-state index in [-0.39, 0.29) is 11.5 Å². The Labute approximate surface area is 110 Å². The second kappa shape index (κ2) is 5.13. The van der Waals surface area contributed by atoms with Crippen molar-refractivity contribution in [1.82, 2.24) is 0 Å². The quantitative estimate of drug-likeness (QED) is 0.277. The molecule has 0 bridgehead atoms. The number of nitrogens with zero attached hydrogens (tertiary/aromatic N) is 3. The van der Waals surface area contributed by atoms with Crippen LogP contribution in [-0.4, -0.2) is 28.6 Å². The Morgan fingerprint density at radius 3 is 2.79 bits per heavy atom. The number of benzene rings is 1. The van der Waals surface area contributed by atoms with Crippen LogP contribution in [0.1, 0.15) is 25.3 Å². The van der Waals surface area contributed by atoms with E-state index in [9.17, 15) is 10.1 Å². The van der Waals surface area contributed by atoms with Gasteiger partial charge in [-0.2, -0.15) is 0 Å². The first kappa shape index (κ1) is 13.1. The van der Waals surface area contributed by atoms with Crippen molar-refractivity contribution in [1.29, 1.82) is 0 Å². The van der Waals surface area contributed by atoms with Crippen LogP contribution in [-0.2, 0) is 0 Å². The first-order chi connectivity index (χ1) is 9.08. The highest BCUT2D eigenvalue weighted by atomic mass is 16.6. The smallest absolute Gasteiger partial charge is 0.293 e. The molecular formula is C12H16N4O3. The molecule has 0 atom stereocenters. The zero-order valence-corrected chi connectivity index (χ0v) is 10.6. The monoisotopic (exact) mass is 264 g/mol. The van der Waals surface area contributed by atoms with Crippen molar-refractivity contribution < 1.29 is 10.1 Å². The van der Waals surface area contributed by atoms with Gasteiger partial charge in [0.1, 0.15) is 5.69 Å². The second-order valence-corrected chi connectivity index (χ2v) is 4.46. The minimum atomic E-state index is -0.436. The predicted octanol–water partition coefficient (Wildman–Crippen LogP) is 1.68. The van der Waals surface area contributed by atoms with Crippen molar-refractivity contribution in [3.05, 3.63) is 33.9 Å². The average molecular weight is 264 g/mol. The predicted molar refractivity (Wildman–Crippen MR) is 71.6 cm³/mol. The topological polar surface area (TPSA) is 105 Å². The summed E-state index contributed by atoms with van der Waals surface area (Å²) in [6, 6.07) is 5.02.